The third-order valence-electron chi connectivity index (χ3n) is 17.1. The molecule has 1 amide bonds. The molecule has 11 rings (SSSR count). The van der Waals surface area contributed by atoms with Crippen LogP contribution in [0, 0.1) is 21.4 Å². The number of piperidine rings is 1. The third-order valence-corrected chi connectivity index (χ3v) is 18.5. The van der Waals surface area contributed by atoms with Gasteiger partial charge in [-0.25, -0.2) is 18.1 Å². The molecule has 5 heterocycles. The summed E-state index contributed by atoms with van der Waals surface area (Å²) >= 11 is 0. The number of anilines is 2. The Balaban J connectivity index is 0.776. The fourth-order valence-electron chi connectivity index (χ4n) is 12.7. The van der Waals surface area contributed by atoms with Crippen LogP contribution in [0.15, 0.2) is 108 Å². The molecule has 4 aromatic carbocycles. The van der Waals surface area contributed by atoms with E-state index in [1.807, 2.05) is 19.1 Å². The Kier molecular flexibility index (Phi) is 14.3. The average Bonchev–Trinajstić information content (AvgIpc) is 3.88. The highest BCUT2D eigenvalue weighted by molar-refractivity contribution is 7.90. The Bertz CT molecular complexity index is 3220. The topological polar surface area (TPSA) is 195 Å². The van der Waals surface area contributed by atoms with E-state index in [2.05, 4.69) is 91.0 Å². The van der Waals surface area contributed by atoms with E-state index in [0.717, 1.165) is 120 Å². The quantitative estimate of drug-likeness (QED) is 0.0561. The number of piperazine rings is 1. The van der Waals surface area contributed by atoms with Crippen molar-refractivity contribution in [2.45, 2.75) is 120 Å². The summed E-state index contributed by atoms with van der Waals surface area (Å²) in [6.45, 7) is 13.2. The van der Waals surface area contributed by atoms with Crippen molar-refractivity contribution in [3.05, 3.63) is 141 Å². The number of H-pyrrole nitrogens is 1. The van der Waals surface area contributed by atoms with Gasteiger partial charge < -0.3 is 29.8 Å². The van der Waals surface area contributed by atoms with E-state index in [-0.39, 0.29) is 28.3 Å². The van der Waals surface area contributed by atoms with Crippen molar-refractivity contribution < 1.29 is 32.7 Å². The van der Waals surface area contributed by atoms with Gasteiger partial charge in [-0.05, 0) is 153 Å². The number of hydrogen-bond donors (Lipinski definition) is 4. The van der Waals surface area contributed by atoms with Crippen LogP contribution in [0.2, 0.25) is 0 Å². The Morgan fingerprint density at radius 2 is 1.78 bits per heavy atom. The zero-order valence-corrected chi connectivity index (χ0v) is 44.6. The number of amides is 1. The Labute approximate surface area is 445 Å². The molecule has 0 radical (unpaired) electrons. The van der Waals surface area contributed by atoms with Crippen LogP contribution in [0.4, 0.5) is 17.1 Å². The van der Waals surface area contributed by atoms with Crippen molar-refractivity contribution in [1.82, 2.24) is 24.5 Å². The van der Waals surface area contributed by atoms with Crippen molar-refractivity contribution in [3.8, 4) is 17.2 Å². The summed E-state index contributed by atoms with van der Waals surface area (Å²) in [5, 5.41) is 26.5. The molecular formula is C59H70N8O8S. The Morgan fingerprint density at radius 1 is 0.974 bits per heavy atom. The Morgan fingerprint density at radius 3 is 2.57 bits per heavy atom. The van der Waals surface area contributed by atoms with E-state index in [4.69, 9.17) is 9.47 Å². The summed E-state index contributed by atoms with van der Waals surface area (Å²) in [7, 11) is -4.59. The number of nitrogens with zero attached hydrogens (tertiary/aromatic N) is 5. The monoisotopic (exact) mass is 1050 g/mol. The van der Waals surface area contributed by atoms with Crippen LogP contribution in [0.1, 0.15) is 123 Å². The molecule has 4 fully saturated rings. The highest BCUT2D eigenvalue weighted by atomic mass is 32.2. The standard InChI is InChI=1S/C59H70N8O8S/c1-39(2)48-8-4-5-9-49(48)53-38-64(37-41-10-11-42-7-6-28-74-54(42)29-41)26-27-66(53)45-33-59(34-45)21-24-65(25-22-59)44-12-14-50(55(31-44)75-46-30-43-18-23-60-56(43)62-36-46)57(68)63-76(72,73)47-13-15-51(52(32-47)67(70)71)61-35-40-16-19-58(3,69)20-17-40/h4-5,8-15,18,23,29-32,36,39-40,45,53,61,69H,6-7,16-17,19-22,24-28,33-35,37-38H2,1-3H3,(H,60,62)(H,63,68)/t40?,53-,58?/m0/s1. The number of nitro benzene ring substituents is 1. The number of pyridine rings is 1. The van der Waals surface area contributed by atoms with Crippen molar-refractivity contribution in [2.24, 2.45) is 11.3 Å². The predicted molar refractivity (Wildman–Crippen MR) is 294 cm³/mol. The molecule has 3 aliphatic heterocycles. The lowest BCUT2D eigenvalue weighted by atomic mass is 9.59. The molecule has 1 atom stereocenters. The Hall–Kier alpha value is -6.53. The lowest BCUT2D eigenvalue weighted by Crippen LogP contribution is -2.60. The van der Waals surface area contributed by atoms with Gasteiger partial charge in [0.05, 0.1) is 33.8 Å². The maximum Gasteiger partial charge on any atom is 0.293 e. The number of aromatic amines is 1. The van der Waals surface area contributed by atoms with E-state index < -0.39 is 37.0 Å². The van der Waals surface area contributed by atoms with Crippen LogP contribution in [0.5, 0.6) is 17.2 Å². The smallest absolute Gasteiger partial charge is 0.293 e. The molecule has 2 aromatic heterocycles. The molecule has 1 spiro atoms. The van der Waals surface area contributed by atoms with Crippen molar-refractivity contribution in [3.63, 3.8) is 0 Å². The number of aliphatic hydroxyl groups is 1. The molecule has 2 saturated heterocycles. The van der Waals surface area contributed by atoms with Gasteiger partial charge in [-0.3, -0.25) is 24.7 Å². The van der Waals surface area contributed by atoms with E-state index in [1.54, 1.807) is 30.6 Å². The first-order chi connectivity index (χ1) is 36.6. The molecule has 17 heteroatoms. The van der Waals surface area contributed by atoms with Crippen LogP contribution in [-0.2, 0) is 23.0 Å². The van der Waals surface area contributed by atoms with Crippen LogP contribution in [-0.4, -0.2) is 102 Å². The highest BCUT2D eigenvalue weighted by Crippen LogP contribution is 2.53. The second-order valence-electron chi connectivity index (χ2n) is 22.8. The molecule has 16 nitrogen and oxygen atoms in total. The normalized spacial score (nSPS) is 22.2. The second kappa shape index (κ2) is 21.1. The molecule has 6 aromatic rings. The van der Waals surface area contributed by atoms with Gasteiger partial charge in [0.1, 0.15) is 28.6 Å². The summed E-state index contributed by atoms with van der Waals surface area (Å²) in [6.07, 6.45) is 12.6. The zero-order valence-electron chi connectivity index (χ0n) is 43.8. The number of hydrogen-bond acceptors (Lipinski definition) is 13. The highest BCUT2D eigenvalue weighted by Gasteiger charge is 2.50. The largest absolute Gasteiger partial charge is 0.493 e. The number of nitrogens with one attached hydrogen (secondary N) is 3. The summed E-state index contributed by atoms with van der Waals surface area (Å²) < 4.78 is 42.4. The number of nitro groups is 1. The molecule has 400 valence electrons. The fourth-order valence-corrected chi connectivity index (χ4v) is 13.7. The summed E-state index contributed by atoms with van der Waals surface area (Å²) in [6, 6.07) is 29.1. The van der Waals surface area contributed by atoms with E-state index >= 15 is 0 Å². The van der Waals surface area contributed by atoms with Gasteiger partial charge in [0, 0.05) is 87.3 Å². The summed E-state index contributed by atoms with van der Waals surface area (Å²) in [5.74, 6) is 1.23. The minimum Gasteiger partial charge on any atom is -0.493 e. The zero-order chi connectivity index (χ0) is 52.8. The van der Waals surface area contributed by atoms with E-state index in [0.29, 0.717) is 48.8 Å². The first-order valence-corrected chi connectivity index (χ1v) is 28.7. The minimum absolute atomic E-state index is 0.0264. The van der Waals surface area contributed by atoms with Crippen molar-refractivity contribution >= 4 is 44.0 Å². The third kappa shape index (κ3) is 11.0. The molecular weight excluding hydrogens is 981 g/mol. The van der Waals surface area contributed by atoms with Gasteiger partial charge in [-0.15, -0.1) is 0 Å². The first-order valence-electron chi connectivity index (χ1n) is 27.2. The number of ether oxygens (including phenoxy) is 2. The number of aryl methyl sites for hydroxylation is 1. The van der Waals surface area contributed by atoms with Crippen molar-refractivity contribution in [1.29, 1.82) is 0 Å². The summed E-state index contributed by atoms with van der Waals surface area (Å²) in [4.78, 5) is 40.6. The van der Waals surface area contributed by atoms with Gasteiger partial charge in [0.2, 0.25) is 0 Å². The van der Waals surface area contributed by atoms with Gasteiger partial charge in [-0.1, -0.05) is 50.2 Å². The van der Waals surface area contributed by atoms with Crippen LogP contribution >= 0.6 is 0 Å². The van der Waals surface area contributed by atoms with Gasteiger partial charge in [0.15, 0.2) is 0 Å². The lowest BCUT2D eigenvalue weighted by Gasteiger charge is -2.58. The molecule has 4 N–H and O–H groups in total. The number of benzene rings is 4. The number of fused-ring (bicyclic) bond motifs is 2. The maximum absolute atomic E-state index is 14.1. The van der Waals surface area contributed by atoms with E-state index in [9.17, 15) is 28.4 Å². The first kappa shape index (κ1) is 51.6. The molecule has 5 aliphatic rings. The fraction of sp³-hybridized carbons (Fsp3) is 0.458. The van der Waals surface area contributed by atoms with Crippen LogP contribution in [0.3, 0.4) is 0 Å². The number of aromatic nitrogens is 2. The number of sulfonamides is 1. The average molecular weight is 1050 g/mol. The SMILES string of the molecule is CC(C)c1ccccc1[C@@H]1CN(Cc2ccc3c(c2)OCCC3)CCN1C1CC2(CCN(c3ccc(C(=O)NS(=O)(=O)c4ccc(NCC5CCC(C)(O)CC5)c([N+](=O)[O-])c4)c(Oc4cnc5[nH]ccc5c4)c3)CC2)C1. The van der Waals surface area contributed by atoms with Crippen molar-refractivity contribution in [2.75, 3.05) is 56.1 Å². The second-order valence-corrected chi connectivity index (χ2v) is 24.5. The molecule has 2 aliphatic carbocycles. The number of carbonyl (C=O) groups excluding carboxylic acids is 1. The number of carbonyl (C=O) groups is 1. The van der Waals surface area contributed by atoms with Gasteiger partial charge in [0.25, 0.3) is 21.6 Å². The van der Waals surface area contributed by atoms with Gasteiger partial charge in [-0.2, -0.15) is 0 Å². The molecule has 76 heavy (non-hydrogen) atoms. The minimum atomic E-state index is -4.59. The van der Waals surface area contributed by atoms with E-state index in [1.165, 1.54) is 34.4 Å². The van der Waals surface area contributed by atoms with Crippen LogP contribution < -0.4 is 24.4 Å². The lowest BCUT2D eigenvalue weighted by molar-refractivity contribution is -0.384. The molecule has 0 unspecified atom stereocenters. The summed E-state index contributed by atoms with van der Waals surface area (Å²) in [5.41, 5.74) is 6.24. The van der Waals surface area contributed by atoms with Crippen LogP contribution in [0.25, 0.3) is 11.0 Å². The maximum atomic E-state index is 14.1. The number of rotatable bonds is 15. The molecule has 2 saturated carbocycles. The van der Waals surface area contributed by atoms with Gasteiger partial charge >= 0.3 is 0 Å². The predicted octanol–water partition coefficient (Wildman–Crippen LogP) is 10.5. The molecule has 0 bridgehead atoms.